The van der Waals surface area contributed by atoms with Crippen molar-refractivity contribution in [2.75, 3.05) is 7.11 Å². The molecule has 0 N–H and O–H groups in total. The van der Waals surface area contributed by atoms with Crippen LogP contribution in [0.1, 0.15) is 56.1 Å². The topological polar surface area (TPSA) is 9.23 Å². The first kappa shape index (κ1) is 16.6. The molecule has 1 unspecified atom stereocenters. The van der Waals surface area contributed by atoms with E-state index in [4.69, 9.17) is 4.74 Å². The standard InChI is InChI=1S/C20H26F2O/c1-13-3-12-18(20(22)19(13)21)16-6-4-14(5-7-16)15-8-10-17(23-2)11-9-15/h3,6,12,14-15,17H,4-5,7-11H2,1-2H3. The molecule has 1 atom stereocenters. The predicted molar refractivity (Wildman–Crippen MR) is 89.2 cm³/mol. The third-order valence-corrected chi connectivity index (χ3v) is 5.79. The third-order valence-electron chi connectivity index (χ3n) is 5.79. The normalized spacial score (nSPS) is 28.5. The number of hydrogen-bond acceptors (Lipinski definition) is 1. The molecule has 0 radical (unpaired) electrons. The van der Waals surface area contributed by atoms with Crippen LogP contribution < -0.4 is 0 Å². The van der Waals surface area contributed by atoms with Crippen molar-refractivity contribution in [1.29, 1.82) is 0 Å². The number of benzene rings is 1. The number of ether oxygens (including phenoxy) is 1. The van der Waals surface area contributed by atoms with Crippen molar-refractivity contribution >= 4 is 5.57 Å². The first-order chi connectivity index (χ1) is 11.1. The van der Waals surface area contributed by atoms with E-state index in [-0.39, 0.29) is 0 Å². The quantitative estimate of drug-likeness (QED) is 0.698. The molecule has 3 heteroatoms. The number of rotatable bonds is 3. The molecule has 1 saturated carbocycles. The smallest absolute Gasteiger partial charge is 0.166 e. The van der Waals surface area contributed by atoms with Crippen molar-refractivity contribution in [1.82, 2.24) is 0 Å². The van der Waals surface area contributed by atoms with Gasteiger partial charge >= 0.3 is 0 Å². The maximum Gasteiger partial charge on any atom is 0.166 e. The van der Waals surface area contributed by atoms with Gasteiger partial charge in [-0.05, 0) is 74.8 Å². The van der Waals surface area contributed by atoms with Crippen LogP contribution in [0.2, 0.25) is 0 Å². The van der Waals surface area contributed by atoms with Gasteiger partial charge in [0.1, 0.15) is 0 Å². The molecule has 0 aliphatic heterocycles. The lowest BCUT2D eigenvalue weighted by Crippen LogP contribution is -2.26. The average molecular weight is 320 g/mol. The van der Waals surface area contributed by atoms with Crippen LogP contribution in [-0.4, -0.2) is 13.2 Å². The minimum atomic E-state index is -0.705. The van der Waals surface area contributed by atoms with E-state index < -0.39 is 11.6 Å². The summed E-state index contributed by atoms with van der Waals surface area (Å²) in [7, 11) is 1.80. The summed E-state index contributed by atoms with van der Waals surface area (Å²) < 4.78 is 33.4. The Bertz CT molecular complexity index is 586. The van der Waals surface area contributed by atoms with E-state index in [1.165, 1.54) is 12.8 Å². The SMILES string of the molecule is COC1CCC(C2CC=C(c3ccc(C)c(F)c3F)CC2)CC1. The minimum absolute atomic E-state index is 0.371. The summed E-state index contributed by atoms with van der Waals surface area (Å²) >= 11 is 0. The van der Waals surface area contributed by atoms with E-state index in [1.807, 2.05) is 0 Å². The summed E-state index contributed by atoms with van der Waals surface area (Å²) in [6, 6.07) is 3.40. The lowest BCUT2D eigenvalue weighted by molar-refractivity contribution is 0.0454. The zero-order chi connectivity index (χ0) is 16.4. The van der Waals surface area contributed by atoms with Gasteiger partial charge in [0.25, 0.3) is 0 Å². The molecule has 1 fully saturated rings. The van der Waals surface area contributed by atoms with E-state index in [0.717, 1.165) is 43.6 Å². The third kappa shape index (κ3) is 3.50. The molecule has 23 heavy (non-hydrogen) atoms. The average Bonchev–Trinajstić information content (AvgIpc) is 2.60. The van der Waals surface area contributed by atoms with Gasteiger partial charge in [-0.15, -0.1) is 0 Å². The van der Waals surface area contributed by atoms with Gasteiger partial charge in [-0.1, -0.05) is 18.2 Å². The number of halogens is 2. The van der Waals surface area contributed by atoms with E-state index in [0.29, 0.717) is 23.1 Å². The van der Waals surface area contributed by atoms with Crippen molar-refractivity contribution in [2.45, 2.75) is 58.0 Å². The van der Waals surface area contributed by atoms with Crippen molar-refractivity contribution in [3.05, 3.63) is 41.0 Å². The molecule has 0 aromatic heterocycles. The molecule has 126 valence electrons. The summed E-state index contributed by atoms with van der Waals surface area (Å²) in [4.78, 5) is 0. The van der Waals surface area contributed by atoms with E-state index in [1.54, 1.807) is 26.2 Å². The Hall–Kier alpha value is -1.22. The summed E-state index contributed by atoms with van der Waals surface area (Å²) in [6.45, 7) is 1.60. The molecule has 0 heterocycles. The van der Waals surface area contributed by atoms with Gasteiger partial charge in [-0.3, -0.25) is 0 Å². The van der Waals surface area contributed by atoms with Gasteiger partial charge in [0, 0.05) is 12.7 Å². The fraction of sp³-hybridized carbons (Fsp3) is 0.600. The number of allylic oxidation sites excluding steroid dienone is 2. The molecule has 0 spiro atoms. The second kappa shape index (κ2) is 7.12. The van der Waals surface area contributed by atoms with Gasteiger partial charge in [0.15, 0.2) is 11.6 Å². The Balaban J connectivity index is 1.66. The largest absolute Gasteiger partial charge is 0.381 e. The summed E-state index contributed by atoms with van der Waals surface area (Å²) in [5.74, 6) is 0.0624. The molecule has 0 amide bonds. The highest BCUT2D eigenvalue weighted by atomic mass is 19.2. The molecule has 1 aromatic rings. The Kier molecular flexibility index (Phi) is 5.15. The molecule has 3 rings (SSSR count). The van der Waals surface area contributed by atoms with Gasteiger partial charge in [-0.2, -0.15) is 0 Å². The Morgan fingerprint density at radius 1 is 0.957 bits per heavy atom. The van der Waals surface area contributed by atoms with Crippen LogP contribution in [0.15, 0.2) is 18.2 Å². The van der Waals surface area contributed by atoms with Crippen molar-refractivity contribution in [2.24, 2.45) is 11.8 Å². The molecule has 2 aliphatic rings. The summed E-state index contributed by atoms with van der Waals surface area (Å²) in [6.07, 6.45) is 10.3. The second-order valence-electron chi connectivity index (χ2n) is 7.09. The highest BCUT2D eigenvalue weighted by molar-refractivity contribution is 5.67. The Morgan fingerprint density at radius 3 is 2.30 bits per heavy atom. The number of aryl methyl sites for hydroxylation is 1. The van der Waals surface area contributed by atoms with Crippen LogP contribution in [0.4, 0.5) is 8.78 Å². The van der Waals surface area contributed by atoms with E-state index in [9.17, 15) is 8.78 Å². The molecule has 1 aromatic carbocycles. The van der Waals surface area contributed by atoms with Crippen molar-refractivity contribution in [3.8, 4) is 0 Å². The van der Waals surface area contributed by atoms with Crippen LogP contribution in [0.5, 0.6) is 0 Å². The van der Waals surface area contributed by atoms with E-state index in [2.05, 4.69) is 6.08 Å². The molecule has 2 aliphatic carbocycles. The highest BCUT2D eigenvalue weighted by Gasteiger charge is 2.29. The molecule has 0 bridgehead atoms. The fourth-order valence-electron chi connectivity index (χ4n) is 4.22. The first-order valence-corrected chi connectivity index (χ1v) is 8.77. The van der Waals surface area contributed by atoms with Crippen molar-refractivity contribution in [3.63, 3.8) is 0 Å². The monoisotopic (exact) mass is 320 g/mol. The molecular weight excluding hydrogens is 294 g/mol. The predicted octanol–water partition coefficient (Wildman–Crippen LogP) is 5.66. The maximum atomic E-state index is 14.2. The number of hydrogen-bond donors (Lipinski definition) is 0. The second-order valence-corrected chi connectivity index (χ2v) is 7.09. The zero-order valence-electron chi connectivity index (χ0n) is 14.1. The van der Waals surface area contributed by atoms with Crippen LogP contribution in [-0.2, 0) is 4.74 Å². The van der Waals surface area contributed by atoms with Crippen LogP contribution in [0, 0.1) is 30.4 Å². The minimum Gasteiger partial charge on any atom is -0.381 e. The highest BCUT2D eigenvalue weighted by Crippen LogP contribution is 2.40. The molecule has 1 nitrogen and oxygen atoms in total. The summed E-state index contributed by atoms with van der Waals surface area (Å²) in [5, 5.41) is 0. The van der Waals surface area contributed by atoms with Crippen molar-refractivity contribution < 1.29 is 13.5 Å². The molecular formula is C20H26F2O. The van der Waals surface area contributed by atoms with Gasteiger partial charge in [0.05, 0.1) is 6.10 Å². The van der Waals surface area contributed by atoms with E-state index >= 15 is 0 Å². The Labute approximate surface area is 137 Å². The van der Waals surface area contributed by atoms with Gasteiger partial charge in [0.2, 0.25) is 0 Å². The summed E-state index contributed by atoms with van der Waals surface area (Å²) in [5.41, 5.74) is 1.80. The lowest BCUT2D eigenvalue weighted by Gasteiger charge is -2.35. The Morgan fingerprint density at radius 2 is 1.70 bits per heavy atom. The lowest BCUT2D eigenvalue weighted by atomic mass is 9.73. The maximum absolute atomic E-state index is 14.2. The number of methoxy groups -OCH3 is 1. The fourth-order valence-corrected chi connectivity index (χ4v) is 4.22. The van der Waals surface area contributed by atoms with Gasteiger partial charge < -0.3 is 4.74 Å². The van der Waals surface area contributed by atoms with Crippen LogP contribution in [0.25, 0.3) is 5.57 Å². The molecule has 0 saturated heterocycles. The van der Waals surface area contributed by atoms with Crippen LogP contribution >= 0.6 is 0 Å². The van der Waals surface area contributed by atoms with Crippen LogP contribution in [0.3, 0.4) is 0 Å². The first-order valence-electron chi connectivity index (χ1n) is 8.77. The zero-order valence-corrected chi connectivity index (χ0v) is 14.1. The van der Waals surface area contributed by atoms with Gasteiger partial charge in [-0.25, -0.2) is 8.78 Å².